The highest BCUT2D eigenvalue weighted by molar-refractivity contribution is 5.98. The van der Waals surface area contributed by atoms with E-state index in [4.69, 9.17) is 0 Å². The lowest BCUT2D eigenvalue weighted by Crippen LogP contribution is -2.49. The van der Waals surface area contributed by atoms with Gasteiger partial charge in [0.1, 0.15) is 0 Å². The number of benzene rings is 1. The third kappa shape index (κ3) is 2.51. The number of hydrogen-bond acceptors (Lipinski definition) is 3. The molecule has 0 saturated carbocycles. The Morgan fingerprint density at radius 3 is 2.90 bits per heavy atom. The third-order valence-corrected chi connectivity index (χ3v) is 3.78. The number of fused-ring (bicyclic) bond motifs is 1. The number of piperazine rings is 1. The standard InChI is InChI=1S/C14H17N3O2.ClH/c1-10(18)11-3-2-4-12(7-11)17-9-13-8-15-5-6-16(13)14(17)19;/h2-4,7,13,15H,5-6,8-9H2,1H3;1H. The molecule has 3 rings (SSSR count). The predicted octanol–water partition coefficient (Wildman–Crippen LogP) is 1.52. The molecular weight excluding hydrogens is 278 g/mol. The van der Waals surface area contributed by atoms with Crippen molar-refractivity contribution in [3.05, 3.63) is 29.8 Å². The number of nitrogens with one attached hydrogen (secondary N) is 1. The van der Waals surface area contributed by atoms with Crippen molar-refractivity contribution in [3.8, 4) is 0 Å². The van der Waals surface area contributed by atoms with Crippen molar-refractivity contribution in [2.24, 2.45) is 0 Å². The van der Waals surface area contributed by atoms with Crippen LogP contribution in [0.25, 0.3) is 0 Å². The van der Waals surface area contributed by atoms with Crippen LogP contribution in [0.3, 0.4) is 0 Å². The first kappa shape index (κ1) is 14.8. The number of Topliss-reactive ketones (excluding diaryl/α,β-unsaturated/α-hetero) is 1. The summed E-state index contributed by atoms with van der Waals surface area (Å²) < 4.78 is 0. The van der Waals surface area contributed by atoms with Crippen LogP contribution in [0.1, 0.15) is 17.3 Å². The highest BCUT2D eigenvalue weighted by Gasteiger charge is 2.39. The van der Waals surface area contributed by atoms with Gasteiger partial charge in [0.15, 0.2) is 5.78 Å². The number of rotatable bonds is 2. The first-order valence-corrected chi connectivity index (χ1v) is 6.56. The fourth-order valence-corrected chi connectivity index (χ4v) is 2.73. The fourth-order valence-electron chi connectivity index (χ4n) is 2.73. The molecule has 1 N–H and O–H groups in total. The van der Waals surface area contributed by atoms with E-state index < -0.39 is 0 Å². The number of carbonyl (C=O) groups excluding carboxylic acids is 2. The molecule has 0 spiro atoms. The number of amides is 2. The van der Waals surface area contributed by atoms with Gasteiger partial charge in [0, 0.05) is 37.4 Å². The molecule has 2 amide bonds. The monoisotopic (exact) mass is 295 g/mol. The molecule has 20 heavy (non-hydrogen) atoms. The minimum atomic E-state index is 0. The van der Waals surface area contributed by atoms with Crippen LogP contribution in [0.5, 0.6) is 0 Å². The molecule has 5 nitrogen and oxygen atoms in total. The average molecular weight is 296 g/mol. The van der Waals surface area contributed by atoms with Gasteiger partial charge in [0.05, 0.1) is 6.04 Å². The molecule has 0 aliphatic carbocycles. The van der Waals surface area contributed by atoms with Gasteiger partial charge in [-0.2, -0.15) is 0 Å². The van der Waals surface area contributed by atoms with Gasteiger partial charge < -0.3 is 10.2 Å². The van der Waals surface area contributed by atoms with Gasteiger partial charge in [-0.25, -0.2) is 4.79 Å². The molecule has 6 heteroatoms. The molecule has 2 saturated heterocycles. The normalized spacial score (nSPS) is 21.4. The van der Waals surface area contributed by atoms with E-state index in [0.29, 0.717) is 12.1 Å². The molecule has 1 unspecified atom stereocenters. The molecular formula is C14H18ClN3O2. The summed E-state index contributed by atoms with van der Waals surface area (Å²) in [5, 5.41) is 3.30. The summed E-state index contributed by atoms with van der Waals surface area (Å²) in [7, 11) is 0. The maximum Gasteiger partial charge on any atom is 0.324 e. The Labute approximate surface area is 124 Å². The highest BCUT2D eigenvalue weighted by atomic mass is 35.5. The molecule has 2 aliphatic heterocycles. The Bertz CT molecular complexity index is 535. The molecule has 2 heterocycles. The minimum Gasteiger partial charge on any atom is -0.317 e. The molecule has 2 fully saturated rings. The zero-order chi connectivity index (χ0) is 13.4. The first-order valence-electron chi connectivity index (χ1n) is 6.56. The van der Waals surface area contributed by atoms with Crippen molar-refractivity contribution in [1.29, 1.82) is 0 Å². The van der Waals surface area contributed by atoms with Gasteiger partial charge in [0.25, 0.3) is 0 Å². The predicted molar refractivity (Wildman–Crippen MR) is 79.8 cm³/mol. The average Bonchev–Trinajstić information content (AvgIpc) is 2.77. The molecule has 0 aromatic heterocycles. The molecule has 0 radical (unpaired) electrons. The number of halogens is 1. The van der Waals surface area contributed by atoms with Gasteiger partial charge in [-0.3, -0.25) is 9.69 Å². The number of anilines is 1. The maximum absolute atomic E-state index is 12.4. The summed E-state index contributed by atoms with van der Waals surface area (Å²) in [6.07, 6.45) is 0. The second-order valence-corrected chi connectivity index (χ2v) is 5.05. The van der Waals surface area contributed by atoms with Gasteiger partial charge in [-0.15, -0.1) is 12.4 Å². The van der Waals surface area contributed by atoms with Crippen LogP contribution in [-0.2, 0) is 0 Å². The summed E-state index contributed by atoms with van der Waals surface area (Å²) in [5.74, 6) is 0.0212. The largest absolute Gasteiger partial charge is 0.324 e. The van der Waals surface area contributed by atoms with Gasteiger partial charge in [-0.1, -0.05) is 12.1 Å². The van der Waals surface area contributed by atoms with Crippen LogP contribution in [0, 0.1) is 0 Å². The van der Waals surface area contributed by atoms with Crippen LogP contribution in [0.15, 0.2) is 24.3 Å². The number of nitrogens with zero attached hydrogens (tertiary/aromatic N) is 2. The van der Waals surface area contributed by atoms with Crippen molar-refractivity contribution in [2.75, 3.05) is 31.1 Å². The highest BCUT2D eigenvalue weighted by Crippen LogP contribution is 2.25. The summed E-state index contributed by atoms with van der Waals surface area (Å²) in [6.45, 7) is 4.68. The molecule has 1 aromatic carbocycles. The van der Waals surface area contributed by atoms with Crippen molar-refractivity contribution in [2.45, 2.75) is 13.0 Å². The van der Waals surface area contributed by atoms with Crippen molar-refractivity contribution in [1.82, 2.24) is 10.2 Å². The number of hydrogen-bond donors (Lipinski definition) is 1. The Balaban J connectivity index is 0.00000147. The second kappa shape index (κ2) is 5.81. The quantitative estimate of drug-likeness (QED) is 0.842. The topological polar surface area (TPSA) is 52.7 Å². The van der Waals surface area contributed by atoms with E-state index in [-0.39, 0.29) is 30.3 Å². The Morgan fingerprint density at radius 2 is 2.20 bits per heavy atom. The Hall–Kier alpha value is -1.59. The van der Waals surface area contributed by atoms with Crippen LogP contribution in [0.4, 0.5) is 10.5 Å². The Morgan fingerprint density at radius 1 is 1.40 bits per heavy atom. The van der Waals surface area contributed by atoms with E-state index in [9.17, 15) is 9.59 Å². The minimum absolute atomic E-state index is 0. The van der Waals surface area contributed by atoms with Crippen LogP contribution in [-0.4, -0.2) is 48.9 Å². The van der Waals surface area contributed by atoms with Crippen LogP contribution < -0.4 is 10.2 Å². The van der Waals surface area contributed by atoms with E-state index in [1.54, 1.807) is 17.0 Å². The lowest BCUT2D eigenvalue weighted by Gasteiger charge is -2.28. The first-order chi connectivity index (χ1) is 9.16. The van der Waals surface area contributed by atoms with Gasteiger partial charge in [-0.05, 0) is 19.1 Å². The van der Waals surface area contributed by atoms with Crippen molar-refractivity contribution in [3.63, 3.8) is 0 Å². The van der Waals surface area contributed by atoms with Crippen LogP contribution >= 0.6 is 12.4 Å². The molecule has 1 atom stereocenters. The smallest absolute Gasteiger partial charge is 0.317 e. The third-order valence-electron chi connectivity index (χ3n) is 3.78. The molecule has 1 aromatic rings. The van der Waals surface area contributed by atoms with Gasteiger partial charge >= 0.3 is 6.03 Å². The van der Waals surface area contributed by atoms with Crippen molar-refractivity contribution < 1.29 is 9.59 Å². The summed E-state index contributed by atoms with van der Waals surface area (Å²) in [4.78, 5) is 27.5. The second-order valence-electron chi connectivity index (χ2n) is 5.05. The van der Waals surface area contributed by atoms with E-state index in [0.717, 1.165) is 25.3 Å². The number of ketones is 1. The van der Waals surface area contributed by atoms with Crippen molar-refractivity contribution >= 4 is 29.9 Å². The lowest BCUT2D eigenvalue weighted by atomic mass is 10.1. The van der Waals surface area contributed by atoms with Crippen LogP contribution in [0.2, 0.25) is 0 Å². The maximum atomic E-state index is 12.4. The van der Waals surface area contributed by atoms with E-state index >= 15 is 0 Å². The van der Waals surface area contributed by atoms with E-state index in [2.05, 4.69) is 5.32 Å². The number of carbonyl (C=O) groups is 2. The summed E-state index contributed by atoms with van der Waals surface area (Å²) in [6, 6.07) is 7.58. The molecule has 0 bridgehead atoms. The SMILES string of the molecule is CC(=O)c1cccc(N2CC3CNCCN3C2=O)c1.Cl. The zero-order valence-electron chi connectivity index (χ0n) is 11.3. The molecule has 2 aliphatic rings. The fraction of sp³-hybridized carbons (Fsp3) is 0.429. The summed E-state index contributed by atoms with van der Waals surface area (Å²) in [5.41, 5.74) is 1.46. The van der Waals surface area contributed by atoms with E-state index in [1.807, 2.05) is 17.0 Å². The summed E-state index contributed by atoms with van der Waals surface area (Å²) >= 11 is 0. The number of urea groups is 1. The van der Waals surface area contributed by atoms with E-state index in [1.165, 1.54) is 6.92 Å². The zero-order valence-corrected chi connectivity index (χ0v) is 12.2. The Kier molecular flexibility index (Phi) is 4.30. The molecule has 108 valence electrons. The van der Waals surface area contributed by atoms with Gasteiger partial charge in [0.2, 0.25) is 0 Å². The lowest BCUT2D eigenvalue weighted by molar-refractivity contribution is 0.101.